The molecule has 0 radical (unpaired) electrons. The van der Waals surface area contributed by atoms with E-state index >= 15 is 0 Å². The topological polar surface area (TPSA) is 55.6 Å². The Morgan fingerprint density at radius 3 is 2.52 bits per heavy atom. The minimum Gasteiger partial charge on any atom is -0.494 e. The molecule has 0 spiro atoms. The summed E-state index contributed by atoms with van der Waals surface area (Å²) in [4.78, 5) is 17.0. The van der Waals surface area contributed by atoms with Gasteiger partial charge in [-0.3, -0.25) is 4.79 Å². The summed E-state index contributed by atoms with van der Waals surface area (Å²) in [6.45, 7) is 2.53. The number of anilines is 1. The summed E-state index contributed by atoms with van der Waals surface area (Å²) in [5.74, 6) is 0.601. The Bertz CT molecular complexity index is 1030. The van der Waals surface area contributed by atoms with Crippen molar-refractivity contribution in [3.63, 3.8) is 0 Å². The first-order valence-corrected chi connectivity index (χ1v) is 8.81. The Morgan fingerprint density at radius 1 is 1.04 bits per heavy atom. The van der Waals surface area contributed by atoms with Gasteiger partial charge in [-0.25, -0.2) is 4.98 Å². The number of nitrogens with one attached hydrogen (secondary N) is 1. The highest BCUT2D eigenvalue weighted by Gasteiger charge is 2.08. The summed E-state index contributed by atoms with van der Waals surface area (Å²) in [6.07, 6.45) is 3.96. The van der Waals surface area contributed by atoms with Crippen molar-refractivity contribution in [3.8, 4) is 17.0 Å². The Kier molecular flexibility index (Phi) is 4.58. The normalized spacial score (nSPS) is 10.7. The standard InChI is InChI=1S/C22H19N3O2/c1-2-27-19-12-8-17(9-13-19)22(26)23-18-10-6-16(7-11-18)20-15-25-14-4-3-5-21(25)24-20/h3-15H,2H2,1H3,(H,23,26). The summed E-state index contributed by atoms with van der Waals surface area (Å²) >= 11 is 0. The van der Waals surface area contributed by atoms with Gasteiger partial charge in [-0.2, -0.15) is 0 Å². The first-order chi connectivity index (χ1) is 13.2. The van der Waals surface area contributed by atoms with Crippen LogP contribution in [0.5, 0.6) is 5.75 Å². The molecule has 0 saturated heterocycles. The maximum atomic E-state index is 12.4. The van der Waals surface area contributed by atoms with Crippen LogP contribution < -0.4 is 10.1 Å². The van der Waals surface area contributed by atoms with Crippen LogP contribution in [0.3, 0.4) is 0 Å². The van der Waals surface area contributed by atoms with E-state index in [4.69, 9.17) is 4.74 Å². The van der Waals surface area contributed by atoms with E-state index in [1.165, 1.54) is 0 Å². The number of ether oxygens (including phenoxy) is 1. The quantitative estimate of drug-likeness (QED) is 0.565. The number of carbonyl (C=O) groups is 1. The number of benzene rings is 2. The van der Waals surface area contributed by atoms with E-state index in [-0.39, 0.29) is 5.91 Å². The summed E-state index contributed by atoms with van der Waals surface area (Å²) in [7, 11) is 0. The van der Waals surface area contributed by atoms with Crippen molar-refractivity contribution in [2.45, 2.75) is 6.92 Å². The van der Waals surface area contributed by atoms with Crippen LogP contribution in [0, 0.1) is 0 Å². The van der Waals surface area contributed by atoms with Gasteiger partial charge in [0.2, 0.25) is 0 Å². The average molecular weight is 357 g/mol. The monoisotopic (exact) mass is 357 g/mol. The maximum Gasteiger partial charge on any atom is 0.255 e. The number of pyridine rings is 1. The van der Waals surface area contributed by atoms with Gasteiger partial charge in [0.15, 0.2) is 0 Å². The third kappa shape index (κ3) is 3.67. The molecule has 0 fully saturated rings. The predicted molar refractivity (Wildman–Crippen MR) is 106 cm³/mol. The van der Waals surface area contributed by atoms with Crippen molar-refractivity contribution in [2.24, 2.45) is 0 Å². The van der Waals surface area contributed by atoms with Crippen LogP contribution in [0.15, 0.2) is 79.1 Å². The van der Waals surface area contributed by atoms with Crippen molar-refractivity contribution in [3.05, 3.63) is 84.7 Å². The van der Waals surface area contributed by atoms with Gasteiger partial charge in [0.25, 0.3) is 5.91 Å². The van der Waals surface area contributed by atoms with Crippen molar-refractivity contribution >= 4 is 17.2 Å². The lowest BCUT2D eigenvalue weighted by Gasteiger charge is -2.07. The van der Waals surface area contributed by atoms with Gasteiger partial charge in [0.05, 0.1) is 12.3 Å². The zero-order valence-corrected chi connectivity index (χ0v) is 14.9. The van der Waals surface area contributed by atoms with Crippen molar-refractivity contribution in [1.82, 2.24) is 9.38 Å². The van der Waals surface area contributed by atoms with E-state index in [0.717, 1.165) is 28.3 Å². The third-order valence-electron chi connectivity index (χ3n) is 4.23. The maximum absolute atomic E-state index is 12.4. The van der Waals surface area contributed by atoms with E-state index < -0.39 is 0 Å². The van der Waals surface area contributed by atoms with Gasteiger partial charge in [0.1, 0.15) is 11.4 Å². The molecular formula is C22H19N3O2. The van der Waals surface area contributed by atoms with Gasteiger partial charge in [-0.1, -0.05) is 18.2 Å². The zero-order valence-electron chi connectivity index (χ0n) is 14.9. The number of hydrogen-bond donors (Lipinski definition) is 1. The van der Waals surface area contributed by atoms with Gasteiger partial charge >= 0.3 is 0 Å². The minimum atomic E-state index is -0.154. The minimum absolute atomic E-state index is 0.154. The van der Waals surface area contributed by atoms with Crippen LogP contribution in [-0.2, 0) is 0 Å². The number of hydrogen-bond acceptors (Lipinski definition) is 3. The second kappa shape index (κ2) is 7.33. The second-order valence-corrected chi connectivity index (χ2v) is 6.08. The first-order valence-electron chi connectivity index (χ1n) is 8.81. The summed E-state index contributed by atoms with van der Waals surface area (Å²) < 4.78 is 7.38. The molecule has 2 aromatic heterocycles. The predicted octanol–water partition coefficient (Wildman–Crippen LogP) is 4.65. The molecule has 27 heavy (non-hydrogen) atoms. The Morgan fingerprint density at radius 2 is 1.81 bits per heavy atom. The fourth-order valence-corrected chi connectivity index (χ4v) is 2.87. The number of rotatable bonds is 5. The largest absolute Gasteiger partial charge is 0.494 e. The lowest BCUT2D eigenvalue weighted by molar-refractivity contribution is 0.102. The highest BCUT2D eigenvalue weighted by molar-refractivity contribution is 6.04. The lowest BCUT2D eigenvalue weighted by Crippen LogP contribution is -2.11. The molecule has 0 atom stereocenters. The van der Waals surface area contributed by atoms with Crippen molar-refractivity contribution in [1.29, 1.82) is 0 Å². The van der Waals surface area contributed by atoms with Crippen molar-refractivity contribution in [2.75, 3.05) is 11.9 Å². The number of imidazole rings is 1. The molecule has 0 aliphatic rings. The van der Waals surface area contributed by atoms with Crippen LogP contribution in [0.25, 0.3) is 16.9 Å². The van der Waals surface area contributed by atoms with Crippen molar-refractivity contribution < 1.29 is 9.53 Å². The first kappa shape index (κ1) is 16.8. The third-order valence-corrected chi connectivity index (χ3v) is 4.23. The molecule has 0 unspecified atom stereocenters. The average Bonchev–Trinajstić information content (AvgIpc) is 3.13. The molecule has 5 nitrogen and oxygen atoms in total. The Hall–Kier alpha value is -3.60. The number of amides is 1. The molecule has 2 heterocycles. The number of fused-ring (bicyclic) bond motifs is 1. The molecule has 1 N–H and O–H groups in total. The summed E-state index contributed by atoms with van der Waals surface area (Å²) in [5, 5.41) is 2.91. The molecule has 134 valence electrons. The van der Waals surface area contributed by atoms with Crippen LogP contribution >= 0.6 is 0 Å². The van der Waals surface area contributed by atoms with E-state index in [0.29, 0.717) is 12.2 Å². The second-order valence-electron chi connectivity index (χ2n) is 6.08. The van der Waals surface area contributed by atoms with Crippen LogP contribution in [0.1, 0.15) is 17.3 Å². The summed E-state index contributed by atoms with van der Waals surface area (Å²) in [5.41, 5.74) is 4.12. The van der Waals surface area contributed by atoms with Gasteiger partial charge in [-0.15, -0.1) is 0 Å². The molecule has 0 bridgehead atoms. The smallest absolute Gasteiger partial charge is 0.255 e. The Labute approximate surface area is 157 Å². The highest BCUT2D eigenvalue weighted by Crippen LogP contribution is 2.22. The Balaban J connectivity index is 1.47. The molecule has 0 aliphatic carbocycles. The fourth-order valence-electron chi connectivity index (χ4n) is 2.87. The van der Waals surface area contributed by atoms with E-state index in [1.807, 2.05) is 66.2 Å². The van der Waals surface area contributed by atoms with Gasteiger partial charge in [-0.05, 0) is 55.5 Å². The number of aromatic nitrogens is 2. The van der Waals surface area contributed by atoms with E-state index in [1.54, 1.807) is 24.3 Å². The molecule has 0 saturated carbocycles. The number of carbonyl (C=O) groups excluding carboxylic acids is 1. The molecule has 0 aliphatic heterocycles. The van der Waals surface area contributed by atoms with Gasteiger partial charge < -0.3 is 14.5 Å². The lowest BCUT2D eigenvalue weighted by atomic mass is 10.1. The van der Waals surface area contributed by atoms with E-state index in [2.05, 4.69) is 10.3 Å². The molecule has 2 aromatic carbocycles. The van der Waals surface area contributed by atoms with Crippen LogP contribution in [0.2, 0.25) is 0 Å². The SMILES string of the molecule is CCOc1ccc(C(=O)Nc2ccc(-c3cn4ccccc4n3)cc2)cc1. The number of nitrogens with zero attached hydrogens (tertiary/aromatic N) is 2. The highest BCUT2D eigenvalue weighted by atomic mass is 16.5. The molecular weight excluding hydrogens is 338 g/mol. The van der Waals surface area contributed by atoms with Crippen LogP contribution in [0.4, 0.5) is 5.69 Å². The summed E-state index contributed by atoms with van der Waals surface area (Å²) in [6, 6.07) is 20.7. The van der Waals surface area contributed by atoms with Gasteiger partial charge in [0, 0.05) is 29.2 Å². The molecule has 4 rings (SSSR count). The molecule has 4 aromatic rings. The molecule has 5 heteroatoms. The van der Waals surface area contributed by atoms with Crippen LogP contribution in [-0.4, -0.2) is 21.9 Å². The molecule has 1 amide bonds. The van der Waals surface area contributed by atoms with E-state index in [9.17, 15) is 4.79 Å². The zero-order chi connectivity index (χ0) is 18.6. The fraction of sp³-hybridized carbons (Fsp3) is 0.0909.